The molecular formula is C20H20Cl3NO3. The molecule has 2 aromatic carbocycles. The minimum Gasteiger partial charge on any atom is -0.464 e. The lowest BCUT2D eigenvalue weighted by Crippen LogP contribution is -2.45. The molecule has 2 aromatic rings. The molecule has 0 saturated carbocycles. The maximum atomic E-state index is 12.8. The van der Waals surface area contributed by atoms with Crippen molar-refractivity contribution in [2.24, 2.45) is 0 Å². The smallest absolute Gasteiger partial charge is 0.329 e. The van der Waals surface area contributed by atoms with E-state index in [4.69, 9.17) is 39.5 Å². The molecule has 0 spiro atoms. The molecule has 0 saturated heterocycles. The van der Waals surface area contributed by atoms with E-state index < -0.39 is 12.0 Å². The van der Waals surface area contributed by atoms with E-state index >= 15 is 0 Å². The number of likely N-dealkylation sites (N-methyl/N-ethyl adjacent to an activating group) is 1. The number of benzene rings is 2. The summed E-state index contributed by atoms with van der Waals surface area (Å²) in [7, 11) is 1.57. The van der Waals surface area contributed by atoms with Crippen LogP contribution in [0.4, 0.5) is 0 Å². The fourth-order valence-electron chi connectivity index (χ4n) is 2.61. The van der Waals surface area contributed by atoms with Crippen molar-refractivity contribution in [3.63, 3.8) is 0 Å². The maximum Gasteiger partial charge on any atom is 0.329 e. The van der Waals surface area contributed by atoms with Crippen molar-refractivity contribution >= 4 is 46.7 Å². The van der Waals surface area contributed by atoms with E-state index in [1.807, 2.05) is 12.1 Å². The molecule has 4 nitrogen and oxygen atoms in total. The van der Waals surface area contributed by atoms with Crippen LogP contribution in [0.1, 0.15) is 18.1 Å². The molecule has 0 N–H and O–H groups in total. The number of nitrogens with zero attached hydrogens (tertiary/aromatic N) is 1. The fourth-order valence-corrected chi connectivity index (χ4v) is 3.27. The van der Waals surface area contributed by atoms with Crippen molar-refractivity contribution in [2.45, 2.75) is 25.8 Å². The quantitative estimate of drug-likeness (QED) is 0.594. The summed E-state index contributed by atoms with van der Waals surface area (Å²) in [5, 5.41) is 1.42. The molecule has 0 fully saturated rings. The Labute approximate surface area is 174 Å². The molecule has 0 bridgehead atoms. The SMILES string of the molecule is CCOC(=O)C(Cc1ccc(Cl)cc1)N(C)C(=O)Cc1c(Cl)cccc1Cl. The number of carbonyl (C=O) groups excluding carboxylic acids is 2. The van der Waals surface area contributed by atoms with Gasteiger partial charge in [0.2, 0.25) is 5.91 Å². The van der Waals surface area contributed by atoms with Crippen LogP contribution < -0.4 is 0 Å². The van der Waals surface area contributed by atoms with Crippen molar-refractivity contribution in [2.75, 3.05) is 13.7 Å². The van der Waals surface area contributed by atoms with Crippen LogP contribution in [0.15, 0.2) is 42.5 Å². The van der Waals surface area contributed by atoms with Crippen LogP contribution in [0.2, 0.25) is 15.1 Å². The van der Waals surface area contributed by atoms with Gasteiger partial charge in [-0.1, -0.05) is 53.0 Å². The molecule has 1 unspecified atom stereocenters. The number of halogens is 3. The minimum atomic E-state index is -0.764. The van der Waals surface area contributed by atoms with Gasteiger partial charge in [-0.15, -0.1) is 0 Å². The fraction of sp³-hybridized carbons (Fsp3) is 0.300. The lowest BCUT2D eigenvalue weighted by molar-refractivity contribution is -0.153. The van der Waals surface area contributed by atoms with Gasteiger partial charge in [0.1, 0.15) is 6.04 Å². The molecule has 0 aromatic heterocycles. The zero-order valence-electron chi connectivity index (χ0n) is 15.0. The summed E-state index contributed by atoms with van der Waals surface area (Å²) in [6.45, 7) is 1.96. The number of amides is 1. The van der Waals surface area contributed by atoms with Gasteiger partial charge in [0.25, 0.3) is 0 Å². The number of carbonyl (C=O) groups is 2. The van der Waals surface area contributed by atoms with Crippen LogP contribution >= 0.6 is 34.8 Å². The summed E-state index contributed by atoms with van der Waals surface area (Å²) in [6, 6.07) is 11.4. The summed E-state index contributed by atoms with van der Waals surface area (Å²) in [4.78, 5) is 26.6. The monoisotopic (exact) mass is 427 g/mol. The number of rotatable bonds is 7. The second-order valence-electron chi connectivity index (χ2n) is 5.98. The maximum absolute atomic E-state index is 12.8. The Morgan fingerprint density at radius 1 is 1.04 bits per heavy atom. The Morgan fingerprint density at radius 2 is 1.63 bits per heavy atom. The predicted octanol–water partition coefficient (Wildman–Crippen LogP) is 4.82. The van der Waals surface area contributed by atoms with Gasteiger partial charge in [0.15, 0.2) is 0 Å². The van der Waals surface area contributed by atoms with Crippen LogP contribution in [0, 0.1) is 0 Å². The third-order valence-electron chi connectivity index (χ3n) is 4.15. The van der Waals surface area contributed by atoms with Gasteiger partial charge in [-0.2, -0.15) is 0 Å². The van der Waals surface area contributed by atoms with Gasteiger partial charge in [-0.25, -0.2) is 4.79 Å². The molecule has 0 aliphatic rings. The van der Waals surface area contributed by atoms with Crippen molar-refractivity contribution in [1.29, 1.82) is 0 Å². The lowest BCUT2D eigenvalue weighted by Gasteiger charge is -2.27. The van der Waals surface area contributed by atoms with Gasteiger partial charge in [-0.05, 0) is 42.3 Å². The van der Waals surface area contributed by atoms with Crippen molar-refractivity contribution in [3.8, 4) is 0 Å². The van der Waals surface area contributed by atoms with E-state index in [2.05, 4.69) is 0 Å². The molecule has 0 radical (unpaired) electrons. The highest BCUT2D eigenvalue weighted by atomic mass is 35.5. The van der Waals surface area contributed by atoms with Gasteiger partial charge >= 0.3 is 5.97 Å². The average Bonchev–Trinajstić information content (AvgIpc) is 2.63. The molecule has 0 aliphatic carbocycles. The largest absolute Gasteiger partial charge is 0.464 e. The van der Waals surface area contributed by atoms with E-state index in [1.165, 1.54) is 4.90 Å². The van der Waals surface area contributed by atoms with Crippen LogP contribution in [0.3, 0.4) is 0 Å². The van der Waals surface area contributed by atoms with Crippen LogP contribution in [0.25, 0.3) is 0 Å². The third kappa shape index (κ3) is 5.86. The summed E-state index contributed by atoms with van der Waals surface area (Å²) < 4.78 is 5.16. The first kappa shape index (κ1) is 21.5. The van der Waals surface area contributed by atoms with Gasteiger partial charge in [0, 0.05) is 28.5 Å². The standard InChI is InChI=1S/C20H20Cl3NO3/c1-3-27-20(26)18(11-13-7-9-14(21)10-8-13)24(2)19(25)12-15-16(22)5-4-6-17(15)23/h4-10,18H,3,11-12H2,1-2H3. The summed E-state index contributed by atoms with van der Waals surface area (Å²) >= 11 is 18.2. The molecule has 144 valence electrons. The third-order valence-corrected chi connectivity index (χ3v) is 5.11. The number of esters is 1. The van der Waals surface area contributed by atoms with Gasteiger partial charge in [0.05, 0.1) is 13.0 Å². The second kappa shape index (κ2) is 9.98. The highest BCUT2D eigenvalue weighted by molar-refractivity contribution is 6.36. The van der Waals surface area contributed by atoms with Crippen molar-refractivity contribution < 1.29 is 14.3 Å². The lowest BCUT2D eigenvalue weighted by atomic mass is 10.0. The van der Waals surface area contributed by atoms with E-state index in [0.717, 1.165) is 5.56 Å². The number of hydrogen-bond donors (Lipinski definition) is 0. The number of hydrogen-bond acceptors (Lipinski definition) is 3. The molecular weight excluding hydrogens is 409 g/mol. The Balaban J connectivity index is 2.21. The Bertz CT molecular complexity index is 788. The average molecular weight is 429 g/mol. The Hall–Kier alpha value is -1.75. The Kier molecular flexibility index (Phi) is 7.96. The van der Waals surface area contributed by atoms with Crippen molar-refractivity contribution in [3.05, 3.63) is 68.7 Å². The van der Waals surface area contributed by atoms with Gasteiger partial charge < -0.3 is 9.64 Å². The zero-order valence-corrected chi connectivity index (χ0v) is 17.3. The van der Waals surface area contributed by atoms with Crippen molar-refractivity contribution in [1.82, 2.24) is 4.90 Å². The van der Waals surface area contributed by atoms with E-state index in [-0.39, 0.29) is 18.9 Å². The molecule has 0 aliphatic heterocycles. The number of ether oxygens (including phenoxy) is 1. The topological polar surface area (TPSA) is 46.6 Å². The molecule has 1 amide bonds. The first-order valence-corrected chi connectivity index (χ1v) is 9.56. The van der Waals surface area contributed by atoms with Crippen LogP contribution in [0.5, 0.6) is 0 Å². The second-order valence-corrected chi connectivity index (χ2v) is 7.23. The van der Waals surface area contributed by atoms with E-state index in [9.17, 15) is 9.59 Å². The zero-order chi connectivity index (χ0) is 20.0. The minimum absolute atomic E-state index is 0.00840. The Morgan fingerprint density at radius 3 is 2.19 bits per heavy atom. The van der Waals surface area contributed by atoms with E-state index in [1.54, 1.807) is 44.3 Å². The van der Waals surface area contributed by atoms with Crippen LogP contribution in [-0.2, 0) is 27.2 Å². The molecule has 0 heterocycles. The normalized spacial score (nSPS) is 11.7. The molecule has 1 atom stereocenters. The summed E-state index contributed by atoms with van der Waals surface area (Å²) in [5.74, 6) is -0.745. The molecule has 2 rings (SSSR count). The molecule has 7 heteroatoms. The first-order chi connectivity index (χ1) is 12.8. The highest BCUT2D eigenvalue weighted by Crippen LogP contribution is 2.25. The first-order valence-electron chi connectivity index (χ1n) is 8.43. The molecule has 27 heavy (non-hydrogen) atoms. The van der Waals surface area contributed by atoms with Gasteiger partial charge in [-0.3, -0.25) is 4.79 Å². The predicted molar refractivity (Wildman–Crippen MR) is 109 cm³/mol. The van der Waals surface area contributed by atoms with Crippen LogP contribution in [-0.4, -0.2) is 36.5 Å². The highest BCUT2D eigenvalue weighted by Gasteiger charge is 2.29. The summed E-state index contributed by atoms with van der Waals surface area (Å²) in [5.41, 5.74) is 1.40. The summed E-state index contributed by atoms with van der Waals surface area (Å²) in [6.07, 6.45) is 0.306. The van der Waals surface area contributed by atoms with E-state index in [0.29, 0.717) is 27.1 Å².